The Balaban J connectivity index is 2.04. The van der Waals surface area contributed by atoms with Gasteiger partial charge in [-0.1, -0.05) is 78.9 Å². The van der Waals surface area contributed by atoms with Crippen molar-refractivity contribution in [1.29, 1.82) is 0 Å². The van der Waals surface area contributed by atoms with Crippen LogP contribution < -0.4 is 14.4 Å². The zero-order valence-electron chi connectivity index (χ0n) is 15.5. The van der Waals surface area contributed by atoms with Gasteiger partial charge in [-0.3, -0.25) is 0 Å². The minimum Gasteiger partial charge on any atom is -0.785 e. The fourth-order valence-electron chi connectivity index (χ4n) is 3.51. The first-order valence-electron chi connectivity index (χ1n) is 8.97. The molecule has 150 valence electrons. The zero-order chi connectivity index (χ0) is 21.4. The van der Waals surface area contributed by atoms with E-state index >= 15 is 0 Å². The smallest absolute Gasteiger partial charge is 0.393 e. The van der Waals surface area contributed by atoms with Gasteiger partial charge in [0.15, 0.2) is 5.69 Å². The molecule has 0 N–H and O–H groups in total. The fraction of sp³-hybridized carbons (Fsp3) is 0. The molecule has 0 spiro atoms. The van der Waals surface area contributed by atoms with Gasteiger partial charge in [-0.25, -0.2) is 9.59 Å². The zero-order valence-corrected chi connectivity index (χ0v) is 16.4. The van der Waals surface area contributed by atoms with Gasteiger partial charge in [0.2, 0.25) is 0 Å². The summed E-state index contributed by atoms with van der Waals surface area (Å²) in [5, 5.41) is 0. The van der Waals surface area contributed by atoms with Gasteiger partial charge in [0.25, 0.3) is 0 Å². The SMILES string of the molecule is O=C1C(c2ccccc2)=C(c2ccccc2)C(=O)[N+]1(OP(=O)([O-])[O-])c1ccccc1. The Hall–Kier alpha value is -3.19. The fourth-order valence-corrected chi connectivity index (χ4v) is 4.05. The van der Waals surface area contributed by atoms with Crippen LogP contribution in [0.25, 0.3) is 11.1 Å². The van der Waals surface area contributed by atoms with Crippen molar-refractivity contribution in [2.45, 2.75) is 0 Å². The van der Waals surface area contributed by atoms with E-state index in [0.717, 1.165) is 0 Å². The first kappa shape index (κ1) is 20.1. The van der Waals surface area contributed by atoms with E-state index in [9.17, 15) is 23.9 Å². The molecule has 30 heavy (non-hydrogen) atoms. The van der Waals surface area contributed by atoms with Gasteiger partial charge in [-0.15, -0.1) is 0 Å². The molecule has 7 nitrogen and oxygen atoms in total. The second-order valence-electron chi connectivity index (χ2n) is 6.57. The number of carbonyl (C=O) groups is 2. The summed E-state index contributed by atoms with van der Waals surface area (Å²) in [6, 6.07) is 24.1. The van der Waals surface area contributed by atoms with Crippen LogP contribution in [0.5, 0.6) is 0 Å². The van der Waals surface area contributed by atoms with Crippen molar-refractivity contribution in [2.75, 3.05) is 0 Å². The van der Waals surface area contributed by atoms with Gasteiger partial charge in [0, 0.05) is 12.1 Å². The predicted molar refractivity (Wildman–Crippen MR) is 107 cm³/mol. The molecule has 0 atom stereocenters. The predicted octanol–water partition coefficient (Wildman–Crippen LogP) is 2.43. The Kier molecular flexibility index (Phi) is 5.07. The first-order valence-corrected chi connectivity index (χ1v) is 10.4. The van der Waals surface area contributed by atoms with Gasteiger partial charge in [-0.05, 0) is 15.8 Å². The van der Waals surface area contributed by atoms with Crippen LogP contribution in [0.2, 0.25) is 0 Å². The quantitative estimate of drug-likeness (QED) is 0.357. The number of carbonyl (C=O) groups excluding carboxylic acids is 2. The van der Waals surface area contributed by atoms with Crippen LogP contribution >= 0.6 is 7.82 Å². The lowest BCUT2D eigenvalue weighted by Crippen LogP contribution is -2.55. The molecule has 0 fully saturated rings. The molecule has 3 aromatic carbocycles. The van der Waals surface area contributed by atoms with Crippen LogP contribution in [-0.4, -0.2) is 11.8 Å². The summed E-state index contributed by atoms with van der Waals surface area (Å²) in [5.41, 5.74) is 0.675. The molecule has 0 radical (unpaired) electrons. The van der Waals surface area contributed by atoms with E-state index in [1.165, 1.54) is 24.3 Å². The highest BCUT2D eigenvalue weighted by Gasteiger charge is 2.61. The number of benzene rings is 3. The highest BCUT2D eigenvalue weighted by atomic mass is 31.2. The van der Waals surface area contributed by atoms with Crippen molar-refractivity contribution < 1.29 is 28.6 Å². The summed E-state index contributed by atoms with van der Waals surface area (Å²) in [6.07, 6.45) is 0. The highest BCUT2D eigenvalue weighted by molar-refractivity contribution is 7.43. The molecule has 1 aliphatic rings. The van der Waals surface area contributed by atoms with Gasteiger partial charge < -0.3 is 14.4 Å². The van der Waals surface area contributed by atoms with Crippen LogP contribution in [-0.2, 0) is 18.8 Å². The number of phosphoric acid groups is 1. The molecule has 0 bridgehead atoms. The normalized spacial score (nSPS) is 16.2. The standard InChI is InChI=1S/C22H16NO6P/c24-21-19(16-10-4-1-5-11-16)20(17-12-6-2-7-13-17)22(25)23(21,29-30(26,27)28)18-14-8-3-9-15-18/h1-15H,(H-,26,27,28)/p-1. The van der Waals surface area contributed by atoms with Crippen molar-refractivity contribution in [1.82, 2.24) is 4.65 Å². The number of nitrogens with zero attached hydrogens (tertiary/aromatic N) is 1. The summed E-state index contributed by atoms with van der Waals surface area (Å²) < 4.78 is 14.7. The van der Waals surface area contributed by atoms with E-state index in [0.29, 0.717) is 11.1 Å². The molecular weight excluding hydrogens is 405 g/mol. The number of hydrogen-bond donors (Lipinski definition) is 0. The van der Waals surface area contributed by atoms with Crippen LogP contribution in [0, 0.1) is 0 Å². The summed E-state index contributed by atoms with van der Waals surface area (Å²) in [4.78, 5) is 50.6. The van der Waals surface area contributed by atoms with E-state index in [-0.39, 0.29) is 16.8 Å². The molecule has 2 amide bonds. The Morgan fingerprint density at radius 3 is 1.37 bits per heavy atom. The molecule has 0 aromatic heterocycles. The lowest BCUT2D eigenvalue weighted by Gasteiger charge is -2.35. The maximum Gasteiger partial charge on any atom is 0.393 e. The second-order valence-corrected chi connectivity index (χ2v) is 7.62. The van der Waals surface area contributed by atoms with Crippen LogP contribution in [0.4, 0.5) is 5.69 Å². The molecule has 4 rings (SSSR count). The molecule has 3 aromatic rings. The number of amides is 2. The van der Waals surface area contributed by atoms with E-state index < -0.39 is 24.3 Å². The molecule has 1 heterocycles. The topological polar surface area (TPSA) is 107 Å². The summed E-state index contributed by atoms with van der Waals surface area (Å²) in [5.74, 6) is -1.91. The Bertz CT molecular complexity index is 1120. The lowest BCUT2D eigenvalue weighted by molar-refractivity contribution is -0.354. The minimum absolute atomic E-state index is 0.0240. The van der Waals surface area contributed by atoms with Crippen molar-refractivity contribution in [2.24, 2.45) is 0 Å². The van der Waals surface area contributed by atoms with Crippen molar-refractivity contribution in [3.63, 3.8) is 0 Å². The number of hydroxylamine groups is 2. The van der Waals surface area contributed by atoms with Crippen LogP contribution in [0.15, 0.2) is 91.0 Å². The number of quaternary nitrogens is 1. The Labute approximate surface area is 172 Å². The van der Waals surface area contributed by atoms with Gasteiger partial charge in [0.1, 0.15) is 19.0 Å². The minimum atomic E-state index is -5.75. The highest BCUT2D eigenvalue weighted by Crippen LogP contribution is 2.47. The number of hydrogen-bond acceptors (Lipinski definition) is 6. The van der Waals surface area contributed by atoms with Crippen molar-refractivity contribution in [3.8, 4) is 0 Å². The third kappa shape index (κ3) is 3.35. The molecule has 8 heteroatoms. The average molecular weight is 420 g/mol. The number of imide groups is 1. The van der Waals surface area contributed by atoms with E-state index in [4.69, 9.17) is 4.62 Å². The first-order chi connectivity index (χ1) is 14.3. The van der Waals surface area contributed by atoms with Crippen LogP contribution in [0.1, 0.15) is 11.1 Å². The number of para-hydroxylation sites is 1. The molecule has 1 aliphatic heterocycles. The van der Waals surface area contributed by atoms with E-state index in [1.54, 1.807) is 66.7 Å². The maximum absolute atomic E-state index is 13.7. The number of rotatable bonds is 5. The maximum atomic E-state index is 13.7. The van der Waals surface area contributed by atoms with Crippen molar-refractivity contribution in [3.05, 3.63) is 102 Å². The van der Waals surface area contributed by atoms with Gasteiger partial charge in [0.05, 0.1) is 0 Å². The summed E-state index contributed by atoms with van der Waals surface area (Å²) in [6.45, 7) is 0. The Morgan fingerprint density at radius 1 is 0.633 bits per heavy atom. The third-order valence-electron chi connectivity index (χ3n) is 4.72. The largest absolute Gasteiger partial charge is 0.785 e. The van der Waals surface area contributed by atoms with E-state index in [1.807, 2.05) is 0 Å². The monoisotopic (exact) mass is 420 g/mol. The van der Waals surface area contributed by atoms with Crippen LogP contribution in [0.3, 0.4) is 0 Å². The molecule has 0 unspecified atom stereocenters. The third-order valence-corrected chi connectivity index (χ3v) is 5.16. The van der Waals surface area contributed by atoms with Gasteiger partial charge >= 0.3 is 11.8 Å². The molecular formula is C22H15NO6P-. The molecule has 0 aliphatic carbocycles. The molecule has 0 saturated carbocycles. The average Bonchev–Trinajstić information content (AvgIpc) is 2.97. The Morgan fingerprint density at radius 2 is 1.00 bits per heavy atom. The lowest BCUT2D eigenvalue weighted by atomic mass is 9.96. The molecule has 0 saturated heterocycles. The van der Waals surface area contributed by atoms with Gasteiger partial charge in [-0.2, -0.15) is 4.62 Å². The second kappa shape index (κ2) is 7.57. The van der Waals surface area contributed by atoms with E-state index in [2.05, 4.69) is 0 Å². The van der Waals surface area contributed by atoms with Crippen molar-refractivity contribution >= 4 is 36.5 Å². The summed E-state index contributed by atoms with van der Waals surface area (Å²) in [7, 11) is -5.75. The summed E-state index contributed by atoms with van der Waals surface area (Å²) >= 11 is 0.